The van der Waals surface area contributed by atoms with Gasteiger partial charge in [-0.05, 0) is 7.05 Å². The fourth-order valence-electron chi connectivity index (χ4n) is 0.601. The van der Waals surface area contributed by atoms with Crippen molar-refractivity contribution in [3.63, 3.8) is 0 Å². The van der Waals surface area contributed by atoms with Gasteiger partial charge in [-0.1, -0.05) is 0 Å². The summed E-state index contributed by atoms with van der Waals surface area (Å²) in [5.74, 6) is -0.108. The van der Waals surface area contributed by atoms with E-state index in [4.69, 9.17) is 11.6 Å². The topological polar surface area (TPSA) is 75.3 Å². The van der Waals surface area contributed by atoms with Crippen molar-refractivity contribution >= 4 is 27.5 Å². The molecule has 0 aromatic rings. The summed E-state index contributed by atoms with van der Waals surface area (Å²) in [6, 6.07) is 0. The average molecular weight is 229 g/mol. The number of halogens is 1. The van der Waals surface area contributed by atoms with Crippen LogP contribution in [0.25, 0.3) is 0 Å². The van der Waals surface area contributed by atoms with Gasteiger partial charge in [0.05, 0.1) is 5.75 Å². The fourth-order valence-corrected chi connectivity index (χ4v) is 1.35. The Morgan fingerprint density at radius 1 is 1.46 bits per heavy atom. The Labute approximate surface area is 82.9 Å². The number of carbonyl (C=O) groups is 1. The smallest absolute Gasteiger partial charge is 0.221 e. The van der Waals surface area contributed by atoms with Crippen LogP contribution in [-0.2, 0) is 14.8 Å². The van der Waals surface area contributed by atoms with Crippen LogP contribution in [0.5, 0.6) is 0 Å². The van der Waals surface area contributed by atoms with E-state index in [1.807, 2.05) is 0 Å². The van der Waals surface area contributed by atoms with Crippen LogP contribution >= 0.6 is 11.6 Å². The van der Waals surface area contributed by atoms with Crippen LogP contribution in [0.3, 0.4) is 0 Å². The standard InChI is InChI=1S/C6H13ClN2O3S/c1-8-13(11,12)5-4-9-6(10)2-3-7/h8H,2-5H2,1H3,(H,9,10). The van der Waals surface area contributed by atoms with Gasteiger partial charge in [0.15, 0.2) is 0 Å². The number of carbonyl (C=O) groups excluding carboxylic acids is 1. The lowest BCUT2D eigenvalue weighted by molar-refractivity contribution is -0.120. The summed E-state index contributed by atoms with van der Waals surface area (Å²) in [6.07, 6.45) is 0.209. The zero-order valence-corrected chi connectivity index (χ0v) is 8.91. The van der Waals surface area contributed by atoms with Crippen molar-refractivity contribution in [3.05, 3.63) is 0 Å². The molecule has 0 aliphatic rings. The van der Waals surface area contributed by atoms with E-state index in [0.717, 1.165) is 0 Å². The Bertz CT molecular complexity index is 253. The monoisotopic (exact) mass is 228 g/mol. The van der Waals surface area contributed by atoms with E-state index in [9.17, 15) is 13.2 Å². The van der Waals surface area contributed by atoms with Crippen LogP contribution in [0.4, 0.5) is 0 Å². The molecule has 0 atom stereocenters. The molecular formula is C6H13ClN2O3S. The van der Waals surface area contributed by atoms with Crippen LogP contribution in [0.2, 0.25) is 0 Å². The molecule has 0 saturated heterocycles. The number of nitrogens with one attached hydrogen (secondary N) is 2. The molecule has 0 saturated carbocycles. The molecule has 0 rings (SSSR count). The first kappa shape index (κ1) is 12.7. The van der Waals surface area contributed by atoms with Gasteiger partial charge in [0.2, 0.25) is 15.9 Å². The fraction of sp³-hybridized carbons (Fsp3) is 0.833. The second kappa shape index (κ2) is 6.17. The van der Waals surface area contributed by atoms with Crippen molar-refractivity contribution in [2.75, 3.05) is 25.2 Å². The minimum atomic E-state index is -3.23. The van der Waals surface area contributed by atoms with Crippen molar-refractivity contribution in [1.82, 2.24) is 10.0 Å². The van der Waals surface area contributed by atoms with Crippen molar-refractivity contribution < 1.29 is 13.2 Å². The lowest BCUT2D eigenvalue weighted by Gasteiger charge is -2.03. The summed E-state index contributed by atoms with van der Waals surface area (Å²) < 4.78 is 23.8. The summed E-state index contributed by atoms with van der Waals surface area (Å²) in [7, 11) is -1.90. The molecule has 7 heteroatoms. The largest absolute Gasteiger partial charge is 0.355 e. The summed E-state index contributed by atoms with van der Waals surface area (Å²) in [6.45, 7) is 0.110. The Kier molecular flexibility index (Phi) is 6.02. The molecule has 2 N–H and O–H groups in total. The Balaban J connectivity index is 3.62. The van der Waals surface area contributed by atoms with Crippen LogP contribution in [0.15, 0.2) is 0 Å². The van der Waals surface area contributed by atoms with E-state index in [-0.39, 0.29) is 30.5 Å². The van der Waals surface area contributed by atoms with Gasteiger partial charge in [0.25, 0.3) is 0 Å². The summed E-state index contributed by atoms with van der Waals surface area (Å²) in [5.41, 5.74) is 0. The van der Waals surface area contributed by atoms with Crippen molar-refractivity contribution in [2.45, 2.75) is 6.42 Å². The first-order valence-electron chi connectivity index (χ1n) is 3.75. The summed E-state index contributed by atoms with van der Waals surface area (Å²) >= 11 is 5.30. The van der Waals surface area contributed by atoms with Gasteiger partial charge in [0, 0.05) is 18.8 Å². The lowest BCUT2D eigenvalue weighted by atomic mass is 10.4. The molecule has 0 fully saturated rings. The molecule has 0 spiro atoms. The minimum Gasteiger partial charge on any atom is -0.355 e. The summed E-state index contributed by atoms with van der Waals surface area (Å²) in [5, 5.41) is 2.43. The van der Waals surface area contributed by atoms with E-state index < -0.39 is 10.0 Å². The molecule has 13 heavy (non-hydrogen) atoms. The second-order valence-corrected chi connectivity index (χ2v) is 4.74. The van der Waals surface area contributed by atoms with Gasteiger partial charge in [-0.15, -0.1) is 11.6 Å². The van der Waals surface area contributed by atoms with E-state index >= 15 is 0 Å². The summed E-state index contributed by atoms with van der Waals surface area (Å²) in [4.78, 5) is 10.8. The number of rotatable bonds is 6. The first-order chi connectivity index (χ1) is 6.02. The zero-order valence-electron chi connectivity index (χ0n) is 7.34. The van der Waals surface area contributed by atoms with Crippen LogP contribution in [0, 0.1) is 0 Å². The number of amides is 1. The van der Waals surface area contributed by atoms with Crippen molar-refractivity contribution in [2.24, 2.45) is 0 Å². The van der Waals surface area contributed by atoms with E-state index in [2.05, 4.69) is 10.0 Å². The number of sulfonamides is 1. The predicted molar refractivity (Wildman–Crippen MR) is 51.2 cm³/mol. The molecule has 0 aliphatic carbocycles. The maximum Gasteiger partial charge on any atom is 0.221 e. The third kappa shape index (κ3) is 6.80. The predicted octanol–water partition coefficient (Wildman–Crippen LogP) is -0.719. The minimum absolute atomic E-state index is 0.110. The van der Waals surface area contributed by atoms with Gasteiger partial charge >= 0.3 is 0 Å². The zero-order chi connectivity index (χ0) is 10.3. The SMILES string of the molecule is CNS(=O)(=O)CCNC(=O)CCCl. The normalized spacial score (nSPS) is 11.2. The molecule has 0 aromatic heterocycles. The first-order valence-corrected chi connectivity index (χ1v) is 5.94. The van der Waals surface area contributed by atoms with Crippen LogP contribution in [0.1, 0.15) is 6.42 Å². The quantitative estimate of drug-likeness (QED) is 0.590. The molecule has 78 valence electrons. The van der Waals surface area contributed by atoms with Gasteiger partial charge in [0.1, 0.15) is 0 Å². The molecule has 0 aromatic carbocycles. The van der Waals surface area contributed by atoms with Crippen molar-refractivity contribution in [1.29, 1.82) is 0 Å². The lowest BCUT2D eigenvalue weighted by Crippen LogP contribution is -2.32. The molecular weight excluding hydrogens is 216 g/mol. The Morgan fingerprint density at radius 2 is 2.08 bits per heavy atom. The average Bonchev–Trinajstić information content (AvgIpc) is 2.05. The van der Waals surface area contributed by atoms with Crippen LogP contribution < -0.4 is 10.0 Å². The number of hydrogen-bond acceptors (Lipinski definition) is 3. The highest BCUT2D eigenvalue weighted by molar-refractivity contribution is 7.89. The van der Waals surface area contributed by atoms with Crippen LogP contribution in [-0.4, -0.2) is 39.6 Å². The molecule has 1 amide bonds. The highest BCUT2D eigenvalue weighted by Crippen LogP contribution is 1.84. The molecule has 0 aliphatic heterocycles. The third-order valence-electron chi connectivity index (χ3n) is 1.33. The van der Waals surface area contributed by atoms with Crippen molar-refractivity contribution in [3.8, 4) is 0 Å². The second-order valence-electron chi connectivity index (χ2n) is 2.31. The van der Waals surface area contributed by atoms with E-state index in [1.165, 1.54) is 7.05 Å². The van der Waals surface area contributed by atoms with Gasteiger partial charge in [-0.2, -0.15) is 0 Å². The van der Waals surface area contributed by atoms with Gasteiger partial charge in [-0.3, -0.25) is 4.79 Å². The third-order valence-corrected chi connectivity index (χ3v) is 2.88. The molecule has 0 heterocycles. The number of hydrogen-bond donors (Lipinski definition) is 2. The maximum atomic E-state index is 10.9. The van der Waals surface area contributed by atoms with E-state index in [1.54, 1.807) is 0 Å². The maximum absolute atomic E-state index is 10.9. The highest BCUT2D eigenvalue weighted by Gasteiger charge is 2.07. The highest BCUT2D eigenvalue weighted by atomic mass is 35.5. The van der Waals surface area contributed by atoms with Gasteiger partial charge < -0.3 is 5.32 Å². The molecule has 0 bridgehead atoms. The molecule has 0 unspecified atom stereocenters. The Morgan fingerprint density at radius 3 is 2.54 bits per heavy atom. The Hall–Kier alpha value is -0.330. The molecule has 5 nitrogen and oxygen atoms in total. The van der Waals surface area contributed by atoms with Gasteiger partial charge in [-0.25, -0.2) is 13.1 Å². The number of alkyl halides is 1. The molecule has 0 radical (unpaired) electrons. The van der Waals surface area contributed by atoms with E-state index in [0.29, 0.717) is 0 Å².